The van der Waals surface area contributed by atoms with Crippen LogP contribution in [0.3, 0.4) is 0 Å². The molecule has 0 fully saturated rings. The van der Waals surface area contributed by atoms with Crippen LogP contribution in [0.1, 0.15) is 28.7 Å². The third-order valence-electron chi connectivity index (χ3n) is 4.37. The van der Waals surface area contributed by atoms with Crippen LogP contribution >= 0.6 is 0 Å². The van der Waals surface area contributed by atoms with Crippen LogP contribution in [0.25, 0.3) is 0 Å². The third kappa shape index (κ3) is 5.84. The molecule has 0 saturated heterocycles. The first kappa shape index (κ1) is 22.0. The van der Waals surface area contributed by atoms with Gasteiger partial charge in [0.05, 0.1) is 12.2 Å². The highest BCUT2D eigenvalue weighted by Crippen LogP contribution is 2.18. The Morgan fingerprint density at radius 2 is 1.76 bits per heavy atom. The molecule has 0 atom stereocenters. The van der Waals surface area contributed by atoms with Gasteiger partial charge in [0.25, 0.3) is 5.91 Å². The molecule has 2 aromatic rings. The lowest BCUT2D eigenvalue weighted by Crippen LogP contribution is -2.27. The van der Waals surface area contributed by atoms with Crippen LogP contribution in [0, 0.1) is 13.8 Å². The summed E-state index contributed by atoms with van der Waals surface area (Å²) in [5.41, 5.74) is 2.56. The lowest BCUT2D eigenvalue weighted by molar-refractivity contribution is -0.130. The Balaban J connectivity index is 1.97. The molecule has 0 aliphatic heterocycles. The fourth-order valence-electron chi connectivity index (χ4n) is 2.71. The summed E-state index contributed by atoms with van der Waals surface area (Å²) >= 11 is 0. The molecule has 0 spiro atoms. The minimum Gasteiger partial charge on any atom is -0.484 e. The molecule has 0 radical (unpaired) electrons. The van der Waals surface area contributed by atoms with E-state index in [0.717, 1.165) is 5.69 Å². The molecule has 2 rings (SSSR count). The van der Waals surface area contributed by atoms with Crippen LogP contribution in [0.15, 0.2) is 30.3 Å². The summed E-state index contributed by atoms with van der Waals surface area (Å²) < 4.78 is 12.2. The fourth-order valence-corrected chi connectivity index (χ4v) is 2.71. The fraction of sp³-hybridized carbons (Fsp3) is 0.381. The van der Waals surface area contributed by atoms with E-state index in [1.165, 1.54) is 4.90 Å². The number of ether oxygens (including phenoxy) is 2. The zero-order valence-corrected chi connectivity index (χ0v) is 17.4. The van der Waals surface area contributed by atoms with E-state index in [-0.39, 0.29) is 25.0 Å². The summed E-state index contributed by atoms with van der Waals surface area (Å²) in [6, 6.07) is 8.49. The summed E-state index contributed by atoms with van der Waals surface area (Å²) in [6.07, 6.45) is 0. The van der Waals surface area contributed by atoms with Gasteiger partial charge in [-0.3, -0.25) is 9.59 Å². The van der Waals surface area contributed by atoms with Crippen molar-refractivity contribution in [2.75, 3.05) is 32.6 Å². The van der Waals surface area contributed by atoms with E-state index in [9.17, 15) is 14.4 Å². The molecule has 29 heavy (non-hydrogen) atoms. The maximum Gasteiger partial charge on any atom is 0.339 e. The molecular formula is C21H27N3O5. The number of anilines is 1. The van der Waals surface area contributed by atoms with Crippen molar-refractivity contribution in [2.24, 2.45) is 0 Å². The molecular weight excluding hydrogens is 374 g/mol. The van der Waals surface area contributed by atoms with E-state index < -0.39 is 5.97 Å². The van der Waals surface area contributed by atoms with E-state index in [1.807, 2.05) is 6.92 Å². The number of amides is 2. The Kier molecular flexibility index (Phi) is 7.41. The second-order valence-electron chi connectivity index (χ2n) is 6.74. The lowest BCUT2D eigenvalue weighted by atomic mass is 10.2. The topological polar surface area (TPSA) is 89.9 Å². The molecule has 0 saturated carbocycles. The van der Waals surface area contributed by atoms with Crippen molar-refractivity contribution in [3.63, 3.8) is 0 Å². The van der Waals surface area contributed by atoms with Gasteiger partial charge in [-0.1, -0.05) is 0 Å². The molecule has 0 aliphatic rings. The number of rotatable bonds is 8. The summed E-state index contributed by atoms with van der Waals surface area (Å²) in [5, 5.41) is 2.81. The van der Waals surface area contributed by atoms with Crippen molar-refractivity contribution in [1.82, 2.24) is 9.47 Å². The first-order valence-electron chi connectivity index (χ1n) is 9.29. The van der Waals surface area contributed by atoms with Crippen LogP contribution in [-0.2, 0) is 20.9 Å². The number of benzene rings is 1. The highest BCUT2D eigenvalue weighted by Gasteiger charge is 2.18. The minimum atomic E-state index is -0.393. The number of esters is 1. The summed E-state index contributed by atoms with van der Waals surface area (Å²) in [6.45, 7) is 5.70. The molecule has 1 aromatic heterocycles. The van der Waals surface area contributed by atoms with E-state index in [1.54, 1.807) is 62.8 Å². The molecule has 0 aliphatic carbocycles. The molecule has 2 amide bonds. The predicted molar refractivity (Wildman–Crippen MR) is 109 cm³/mol. The highest BCUT2D eigenvalue weighted by atomic mass is 16.5. The lowest BCUT2D eigenvalue weighted by Gasteiger charge is -2.12. The first-order valence-corrected chi connectivity index (χ1v) is 9.29. The summed E-state index contributed by atoms with van der Waals surface area (Å²) in [5.74, 6) is -0.217. The summed E-state index contributed by atoms with van der Waals surface area (Å²) in [7, 11) is 3.32. The average Bonchev–Trinajstić information content (AvgIpc) is 2.95. The van der Waals surface area contributed by atoms with E-state index in [2.05, 4.69) is 5.32 Å². The van der Waals surface area contributed by atoms with Gasteiger partial charge in [0, 0.05) is 31.2 Å². The van der Waals surface area contributed by atoms with Crippen molar-refractivity contribution in [3.05, 3.63) is 47.3 Å². The number of carbonyl (C=O) groups excluding carboxylic acids is 3. The summed E-state index contributed by atoms with van der Waals surface area (Å²) in [4.78, 5) is 37.4. The Hall–Kier alpha value is -3.29. The number of aryl methyl sites for hydroxylation is 1. The standard InChI is InChI=1S/C21H27N3O5/c1-6-28-21(27)18-11-14(2)24(15(18)3)12-19(25)22-16-7-9-17(10-8-16)29-13-20(26)23(4)5/h7-11H,6,12-13H2,1-5H3,(H,22,25). The van der Waals surface area contributed by atoms with Gasteiger partial charge in [0.15, 0.2) is 6.61 Å². The molecule has 1 N–H and O–H groups in total. The first-order chi connectivity index (χ1) is 13.7. The second-order valence-corrected chi connectivity index (χ2v) is 6.74. The van der Waals surface area contributed by atoms with Crippen molar-refractivity contribution < 1.29 is 23.9 Å². The quantitative estimate of drug-likeness (QED) is 0.686. The van der Waals surface area contributed by atoms with Gasteiger partial charge in [-0.15, -0.1) is 0 Å². The number of nitrogens with one attached hydrogen (secondary N) is 1. The largest absolute Gasteiger partial charge is 0.484 e. The SMILES string of the molecule is CCOC(=O)c1cc(C)n(CC(=O)Nc2ccc(OCC(=O)N(C)C)cc2)c1C. The number of hydrogen-bond acceptors (Lipinski definition) is 5. The van der Waals surface area contributed by atoms with Gasteiger partial charge in [-0.2, -0.15) is 0 Å². The van der Waals surface area contributed by atoms with E-state index in [0.29, 0.717) is 29.3 Å². The minimum absolute atomic E-state index is 0.0479. The maximum atomic E-state index is 12.4. The van der Waals surface area contributed by atoms with Gasteiger partial charge in [-0.25, -0.2) is 4.79 Å². The van der Waals surface area contributed by atoms with Crippen LogP contribution in [0.5, 0.6) is 5.75 Å². The van der Waals surface area contributed by atoms with Crippen molar-refractivity contribution >= 4 is 23.5 Å². The second kappa shape index (κ2) is 9.77. The molecule has 1 heterocycles. The number of likely N-dealkylation sites (N-methyl/N-ethyl adjacent to an activating group) is 1. The van der Waals surface area contributed by atoms with Crippen molar-refractivity contribution in [2.45, 2.75) is 27.3 Å². The van der Waals surface area contributed by atoms with Crippen molar-refractivity contribution in [3.8, 4) is 5.75 Å². The van der Waals surface area contributed by atoms with Gasteiger partial charge < -0.3 is 24.3 Å². The molecule has 8 nitrogen and oxygen atoms in total. The van der Waals surface area contributed by atoms with Gasteiger partial charge in [-0.05, 0) is 51.1 Å². The number of aromatic nitrogens is 1. The molecule has 156 valence electrons. The molecule has 8 heteroatoms. The van der Waals surface area contributed by atoms with Crippen LogP contribution in [0.2, 0.25) is 0 Å². The molecule has 0 bridgehead atoms. The van der Waals surface area contributed by atoms with Gasteiger partial charge in [0.1, 0.15) is 12.3 Å². The number of carbonyl (C=O) groups is 3. The zero-order valence-electron chi connectivity index (χ0n) is 17.4. The normalized spacial score (nSPS) is 10.4. The third-order valence-corrected chi connectivity index (χ3v) is 4.37. The molecule has 1 aromatic carbocycles. The number of nitrogens with zero attached hydrogens (tertiary/aromatic N) is 2. The predicted octanol–water partition coefficient (Wildman–Crippen LogP) is 2.39. The van der Waals surface area contributed by atoms with Crippen LogP contribution in [0.4, 0.5) is 5.69 Å². The number of hydrogen-bond donors (Lipinski definition) is 1. The Labute approximate surface area is 170 Å². The highest BCUT2D eigenvalue weighted by molar-refractivity contribution is 5.93. The maximum absolute atomic E-state index is 12.4. The molecule has 0 unspecified atom stereocenters. The van der Waals surface area contributed by atoms with E-state index >= 15 is 0 Å². The van der Waals surface area contributed by atoms with Gasteiger partial charge >= 0.3 is 5.97 Å². The Morgan fingerprint density at radius 3 is 2.34 bits per heavy atom. The van der Waals surface area contributed by atoms with E-state index in [4.69, 9.17) is 9.47 Å². The van der Waals surface area contributed by atoms with Crippen LogP contribution in [-0.4, -0.2) is 54.6 Å². The van der Waals surface area contributed by atoms with Crippen LogP contribution < -0.4 is 10.1 Å². The Bertz CT molecular complexity index is 884. The monoisotopic (exact) mass is 401 g/mol. The zero-order chi connectivity index (χ0) is 21.6. The average molecular weight is 401 g/mol. The van der Waals surface area contributed by atoms with Crippen molar-refractivity contribution in [1.29, 1.82) is 0 Å². The van der Waals surface area contributed by atoms with Gasteiger partial charge in [0.2, 0.25) is 5.91 Å². The smallest absolute Gasteiger partial charge is 0.339 e. The Morgan fingerprint density at radius 1 is 1.10 bits per heavy atom.